The first-order valence-electron chi connectivity index (χ1n) is 8.29. The van der Waals surface area contributed by atoms with Crippen molar-refractivity contribution >= 4 is 29.9 Å². The maximum atomic E-state index is 8.99. The van der Waals surface area contributed by atoms with Gasteiger partial charge in [0.15, 0.2) is 5.96 Å². The SMILES string of the molecule is CN=C(NCc1cccc(C#N)c1)NC(C)c1cc(OC)ccc1OC.I. The van der Waals surface area contributed by atoms with E-state index in [-0.39, 0.29) is 30.0 Å². The number of ether oxygens (including phenoxy) is 2. The van der Waals surface area contributed by atoms with Crippen LogP contribution in [0, 0.1) is 11.3 Å². The van der Waals surface area contributed by atoms with E-state index in [0.29, 0.717) is 18.1 Å². The van der Waals surface area contributed by atoms with Gasteiger partial charge < -0.3 is 20.1 Å². The highest BCUT2D eigenvalue weighted by molar-refractivity contribution is 14.0. The Kier molecular flexibility index (Phi) is 9.44. The van der Waals surface area contributed by atoms with E-state index >= 15 is 0 Å². The molecule has 0 amide bonds. The fourth-order valence-electron chi connectivity index (χ4n) is 2.59. The van der Waals surface area contributed by atoms with E-state index in [1.54, 1.807) is 27.3 Å². The molecule has 2 aromatic carbocycles. The number of nitrogens with one attached hydrogen (secondary N) is 2. The summed E-state index contributed by atoms with van der Waals surface area (Å²) in [4.78, 5) is 4.27. The van der Waals surface area contributed by atoms with Gasteiger partial charge in [0, 0.05) is 19.2 Å². The van der Waals surface area contributed by atoms with Gasteiger partial charge in [0.1, 0.15) is 11.5 Å². The third-order valence-corrected chi connectivity index (χ3v) is 4.00. The van der Waals surface area contributed by atoms with Crippen molar-refractivity contribution in [3.05, 3.63) is 59.2 Å². The molecule has 7 heteroatoms. The molecule has 6 nitrogen and oxygen atoms in total. The molecule has 1 atom stereocenters. The van der Waals surface area contributed by atoms with Gasteiger partial charge in [-0.05, 0) is 42.8 Å². The lowest BCUT2D eigenvalue weighted by Crippen LogP contribution is -2.38. The zero-order valence-corrected chi connectivity index (χ0v) is 18.3. The van der Waals surface area contributed by atoms with E-state index in [2.05, 4.69) is 21.7 Å². The lowest BCUT2D eigenvalue weighted by Gasteiger charge is -2.21. The molecule has 1 unspecified atom stereocenters. The Morgan fingerprint density at radius 2 is 1.96 bits per heavy atom. The Morgan fingerprint density at radius 1 is 1.19 bits per heavy atom. The van der Waals surface area contributed by atoms with Gasteiger partial charge in [-0.1, -0.05) is 12.1 Å². The fourth-order valence-corrected chi connectivity index (χ4v) is 2.59. The van der Waals surface area contributed by atoms with Crippen molar-refractivity contribution in [2.24, 2.45) is 4.99 Å². The molecule has 0 fully saturated rings. The third kappa shape index (κ3) is 6.32. The largest absolute Gasteiger partial charge is 0.497 e. The summed E-state index contributed by atoms with van der Waals surface area (Å²) in [7, 11) is 5.00. The molecule has 0 radical (unpaired) electrons. The fraction of sp³-hybridized carbons (Fsp3) is 0.300. The second-order valence-corrected chi connectivity index (χ2v) is 5.71. The lowest BCUT2D eigenvalue weighted by molar-refractivity contribution is 0.394. The van der Waals surface area contributed by atoms with Gasteiger partial charge in [-0.2, -0.15) is 5.26 Å². The van der Waals surface area contributed by atoms with Gasteiger partial charge in [0.25, 0.3) is 0 Å². The van der Waals surface area contributed by atoms with Gasteiger partial charge in [0.2, 0.25) is 0 Å². The van der Waals surface area contributed by atoms with E-state index < -0.39 is 0 Å². The number of halogens is 1. The first-order valence-corrected chi connectivity index (χ1v) is 8.29. The van der Waals surface area contributed by atoms with E-state index in [1.807, 2.05) is 43.3 Å². The van der Waals surface area contributed by atoms with E-state index in [0.717, 1.165) is 22.6 Å². The molecule has 27 heavy (non-hydrogen) atoms. The number of benzene rings is 2. The summed E-state index contributed by atoms with van der Waals surface area (Å²) in [5.41, 5.74) is 2.63. The summed E-state index contributed by atoms with van der Waals surface area (Å²) in [6.07, 6.45) is 0. The second-order valence-electron chi connectivity index (χ2n) is 5.71. The maximum absolute atomic E-state index is 8.99. The number of methoxy groups -OCH3 is 2. The zero-order chi connectivity index (χ0) is 18.9. The van der Waals surface area contributed by atoms with Crippen LogP contribution in [0.3, 0.4) is 0 Å². The van der Waals surface area contributed by atoms with Crippen LogP contribution < -0.4 is 20.1 Å². The third-order valence-electron chi connectivity index (χ3n) is 4.00. The minimum Gasteiger partial charge on any atom is -0.497 e. The van der Waals surface area contributed by atoms with Crippen molar-refractivity contribution in [2.75, 3.05) is 21.3 Å². The highest BCUT2D eigenvalue weighted by Gasteiger charge is 2.14. The lowest BCUT2D eigenvalue weighted by atomic mass is 10.1. The molecule has 144 valence electrons. The van der Waals surface area contributed by atoms with E-state index in [9.17, 15) is 0 Å². The van der Waals surface area contributed by atoms with Gasteiger partial charge in [0.05, 0.1) is 31.9 Å². The molecule has 0 bridgehead atoms. The number of rotatable bonds is 6. The molecular formula is C20H25IN4O2. The average Bonchev–Trinajstić information content (AvgIpc) is 2.70. The molecule has 0 aromatic heterocycles. The monoisotopic (exact) mass is 480 g/mol. The summed E-state index contributed by atoms with van der Waals surface area (Å²) in [6.45, 7) is 2.59. The Morgan fingerprint density at radius 3 is 2.59 bits per heavy atom. The maximum Gasteiger partial charge on any atom is 0.191 e. The number of hydrogen-bond acceptors (Lipinski definition) is 4. The highest BCUT2D eigenvalue weighted by atomic mass is 127. The molecule has 2 N–H and O–H groups in total. The normalized spacial score (nSPS) is 11.6. The molecule has 2 aromatic rings. The standard InChI is InChI=1S/C20H24N4O2.HI/c1-14(18-11-17(25-3)8-9-19(18)26-4)24-20(22-2)23-13-16-7-5-6-15(10-16)12-21;/h5-11,14H,13H2,1-4H3,(H2,22,23,24);1H. The predicted octanol–water partition coefficient (Wildman–Crippen LogP) is 3.62. The molecule has 0 spiro atoms. The minimum atomic E-state index is -0.0447. The summed E-state index contributed by atoms with van der Waals surface area (Å²) in [6, 6.07) is 15.3. The summed E-state index contributed by atoms with van der Waals surface area (Å²) >= 11 is 0. The Balaban J connectivity index is 0.00000364. The van der Waals surface area contributed by atoms with Crippen molar-refractivity contribution in [3.8, 4) is 17.6 Å². The van der Waals surface area contributed by atoms with Crippen molar-refractivity contribution in [1.82, 2.24) is 10.6 Å². The van der Waals surface area contributed by atoms with Gasteiger partial charge in [-0.25, -0.2) is 0 Å². The first kappa shape index (κ1) is 22.6. The minimum absolute atomic E-state index is 0. The number of hydrogen-bond donors (Lipinski definition) is 2. The average molecular weight is 480 g/mol. The van der Waals surface area contributed by atoms with Crippen molar-refractivity contribution < 1.29 is 9.47 Å². The van der Waals surface area contributed by atoms with Crippen LogP contribution in [0.25, 0.3) is 0 Å². The number of nitrogens with zero attached hydrogens (tertiary/aromatic N) is 2. The molecule has 2 rings (SSSR count). The quantitative estimate of drug-likeness (QED) is 0.375. The predicted molar refractivity (Wildman–Crippen MR) is 118 cm³/mol. The number of guanidine groups is 1. The van der Waals surface area contributed by atoms with Crippen LogP contribution in [0.15, 0.2) is 47.5 Å². The van der Waals surface area contributed by atoms with E-state index in [4.69, 9.17) is 14.7 Å². The molecule has 0 aliphatic carbocycles. The molecule has 0 heterocycles. The molecule has 0 saturated heterocycles. The molecule has 0 aliphatic heterocycles. The summed E-state index contributed by atoms with van der Waals surface area (Å²) in [5, 5.41) is 15.6. The second kappa shape index (κ2) is 11.3. The molecular weight excluding hydrogens is 455 g/mol. The number of aliphatic imine (C=N–C) groups is 1. The smallest absolute Gasteiger partial charge is 0.191 e. The van der Waals surface area contributed by atoms with Crippen LogP contribution in [0.4, 0.5) is 0 Å². The van der Waals surface area contributed by atoms with E-state index in [1.165, 1.54) is 0 Å². The molecule has 0 aliphatic rings. The van der Waals surface area contributed by atoms with Gasteiger partial charge in [-0.15, -0.1) is 24.0 Å². The van der Waals surface area contributed by atoms with Gasteiger partial charge in [-0.3, -0.25) is 4.99 Å². The zero-order valence-electron chi connectivity index (χ0n) is 15.9. The highest BCUT2D eigenvalue weighted by Crippen LogP contribution is 2.29. The summed E-state index contributed by atoms with van der Waals surface area (Å²) in [5.74, 6) is 2.21. The van der Waals surface area contributed by atoms with Crippen LogP contribution in [0.2, 0.25) is 0 Å². The van der Waals surface area contributed by atoms with Crippen molar-refractivity contribution in [2.45, 2.75) is 19.5 Å². The Bertz CT molecular complexity index is 818. The van der Waals surface area contributed by atoms with Crippen LogP contribution in [0.1, 0.15) is 29.7 Å². The van der Waals surface area contributed by atoms with Gasteiger partial charge >= 0.3 is 0 Å². The Labute approximate surface area is 177 Å². The Hall–Kier alpha value is -2.47. The van der Waals surface area contributed by atoms with Crippen molar-refractivity contribution in [3.63, 3.8) is 0 Å². The first-order chi connectivity index (χ1) is 12.6. The van der Waals surface area contributed by atoms with Crippen LogP contribution in [-0.4, -0.2) is 27.2 Å². The van der Waals surface area contributed by atoms with Crippen LogP contribution in [0.5, 0.6) is 11.5 Å². The molecule has 0 saturated carbocycles. The van der Waals surface area contributed by atoms with Crippen molar-refractivity contribution in [1.29, 1.82) is 5.26 Å². The summed E-state index contributed by atoms with van der Waals surface area (Å²) < 4.78 is 10.8. The topological polar surface area (TPSA) is 78.7 Å². The number of nitriles is 1. The van der Waals surface area contributed by atoms with Crippen LogP contribution in [-0.2, 0) is 6.54 Å². The van der Waals surface area contributed by atoms with Crippen LogP contribution >= 0.6 is 24.0 Å².